The van der Waals surface area contributed by atoms with Crippen molar-refractivity contribution in [3.05, 3.63) is 59.7 Å². The Morgan fingerprint density at radius 2 is 1.78 bits per heavy atom. The van der Waals surface area contributed by atoms with Crippen molar-refractivity contribution >= 4 is 11.5 Å². The molecule has 0 aliphatic heterocycles. The SMILES string of the molecule is COc1ccc(N[C@H](c2ccc(C#N)cc2)[C@H](O)C(C)=O)cc1. The summed E-state index contributed by atoms with van der Waals surface area (Å²) in [5.41, 5.74) is 2.00. The van der Waals surface area contributed by atoms with Crippen LogP contribution in [-0.4, -0.2) is 24.1 Å². The smallest absolute Gasteiger partial charge is 0.160 e. The second-order valence-electron chi connectivity index (χ2n) is 5.14. The molecule has 23 heavy (non-hydrogen) atoms. The third-order valence-electron chi connectivity index (χ3n) is 3.54. The molecule has 0 fully saturated rings. The summed E-state index contributed by atoms with van der Waals surface area (Å²) in [6, 6.07) is 15.4. The van der Waals surface area contributed by atoms with Gasteiger partial charge >= 0.3 is 0 Å². The average molecular weight is 310 g/mol. The van der Waals surface area contributed by atoms with Gasteiger partial charge in [-0.25, -0.2) is 0 Å². The van der Waals surface area contributed by atoms with Gasteiger partial charge in [-0.1, -0.05) is 12.1 Å². The number of rotatable bonds is 6. The number of nitrogens with zero attached hydrogens (tertiary/aromatic N) is 1. The number of anilines is 1. The van der Waals surface area contributed by atoms with Crippen LogP contribution < -0.4 is 10.1 Å². The first-order valence-corrected chi connectivity index (χ1v) is 7.14. The molecule has 118 valence electrons. The van der Waals surface area contributed by atoms with E-state index in [1.807, 2.05) is 18.2 Å². The maximum Gasteiger partial charge on any atom is 0.160 e. The number of benzene rings is 2. The molecule has 0 saturated heterocycles. The Balaban J connectivity index is 2.29. The minimum absolute atomic E-state index is 0.333. The van der Waals surface area contributed by atoms with Crippen molar-refractivity contribution in [2.45, 2.75) is 19.1 Å². The van der Waals surface area contributed by atoms with Crippen LogP contribution in [0.4, 0.5) is 5.69 Å². The van der Waals surface area contributed by atoms with E-state index in [9.17, 15) is 9.90 Å². The van der Waals surface area contributed by atoms with Crippen molar-refractivity contribution in [2.24, 2.45) is 0 Å². The molecular weight excluding hydrogens is 292 g/mol. The molecule has 5 heteroatoms. The molecule has 5 nitrogen and oxygen atoms in total. The number of aliphatic hydroxyl groups excluding tert-OH is 1. The molecule has 0 bridgehead atoms. The lowest BCUT2D eigenvalue weighted by Crippen LogP contribution is -2.31. The fourth-order valence-corrected chi connectivity index (χ4v) is 2.21. The number of methoxy groups -OCH3 is 1. The molecule has 2 N–H and O–H groups in total. The first kappa shape index (κ1) is 16.5. The number of Topliss-reactive ketones (excluding diaryl/α,β-unsaturated/α-hetero) is 1. The monoisotopic (exact) mass is 310 g/mol. The number of hydrogen-bond acceptors (Lipinski definition) is 5. The van der Waals surface area contributed by atoms with E-state index in [0.717, 1.165) is 17.0 Å². The summed E-state index contributed by atoms with van der Waals surface area (Å²) in [6.07, 6.45) is -1.19. The van der Waals surface area contributed by atoms with Crippen LogP contribution in [0.1, 0.15) is 24.1 Å². The molecular formula is C18H18N2O3. The van der Waals surface area contributed by atoms with Gasteiger partial charge in [0.2, 0.25) is 0 Å². The van der Waals surface area contributed by atoms with Crippen molar-refractivity contribution in [3.63, 3.8) is 0 Å². The molecule has 2 atom stereocenters. The van der Waals surface area contributed by atoms with Gasteiger partial charge in [0, 0.05) is 5.69 Å². The molecule has 0 radical (unpaired) electrons. The van der Waals surface area contributed by atoms with Crippen molar-refractivity contribution in [1.82, 2.24) is 0 Å². The number of ether oxygens (including phenoxy) is 1. The zero-order chi connectivity index (χ0) is 16.8. The van der Waals surface area contributed by atoms with Crippen LogP contribution in [0.25, 0.3) is 0 Å². The largest absolute Gasteiger partial charge is 0.497 e. The van der Waals surface area contributed by atoms with Crippen LogP contribution in [0.15, 0.2) is 48.5 Å². The Morgan fingerprint density at radius 1 is 1.17 bits per heavy atom. The standard InChI is InChI=1S/C18H18N2O3/c1-12(21)18(22)17(14-5-3-13(11-19)4-6-14)20-15-7-9-16(23-2)10-8-15/h3-10,17-18,20,22H,1-2H3/t17-,18-/m1/s1. The highest BCUT2D eigenvalue weighted by molar-refractivity contribution is 5.81. The lowest BCUT2D eigenvalue weighted by atomic mass is 9.97. The van der Waals surface area contributed by atoms with E-state index in [1.165, 1.54) is 6.92 Å². The molecule has 0 unspecified atom stereocenters. The normalized spacial score (nSPS) is 12.8. The minimum Gasteiger partial charge on any atom is -0.497 e. The lowest BCUT2D eigenvalue weighted by molar-refractivity contribution is -0.125. The van der Waals surface area contributed by atoms with Gasteiger partial charge in [0.1, 0.15) is 11.9 Å². The Labute approximate surface area is 135 Å². The molecule has 0 amide bonds. The molecule has 2 aromatic carbocycles. The van der Waals surface area contributed by atoms with E-state index in [1.54, 1.807) is 43.5 Å². The molecule has 2 aromatic rings. The molecule has 0 spiro atoms. The second-order valence-corrected chi connectivity index (χ2v) is 5.14. The summed E-state index contributed by atoms with van der Waals surface area (Å²) in [5, 5.41) is 22.3. The zero-order valence-corrected chi connectivity index (χ0v) is 13.0. The van der Waals surface area contributed by atoms with Crippen molar-refractivity contribution in [3.8, 4) is 11.8 Å². The van der Waals surface area contributed by atoms with Crippen molar-refractivity contribution in [1.29, 1.82) is 5.26 Å². The highest BCUT2D eigenvalue weighted by Crippen LogP contribution is 2.25. The maximum absolute atomic E-state index is 11.6. The highest BCUT2D eigenvalue weighted by atomic mass is 16.5. The predicted octanol–water partition coefficient (Wildman–Crippen LogP) is 2.67. The number of carbonyl (C=O) groups excluding carboxylic acids is 1. The van der Waals surface area contributed by atoms with Crippen LogP contribution in [0.2, 0.25) is 0 Å². The minimum atomic E-state index is -1.19. The molecule has 0 aliphatic rings. The number of nitrogens with one attached hydrogen (secondary N) is 1. The van der Waals surface area contributed by atoms with E-state index in [-0.39, 0.29) is 5.78 Å². The second kappa shape index (κ2) is 7.43. The van der Waals surface area contributed by atoms with E-state index >= 15 is 0 Å². The Hall–Kier alpha value is -2.84. The first-order valence-electron chi connectivity index (χ1n) is 7.14. The Morgan fingerprint density at radius 3 is 2.26 bits per heavy atom. The predicted molar refractivity (Wildman–Crippen MR) is 87.2 cm³/mol. The summed E-state index contributed by atoms with van der Waals surface area (Å²) in [7, 11) is 1.58. The van der Waals surface area contributed by atoms with E-state index in [4.69, 9.17) is 10.00 Å². The molecule has 0 heterocycles. The lowest BCUT2D eigenvalue weighted by Gasteiger charge is -2.24. The summed E-state index contributed by atoms with van der Waals surface area (Å²) >= 11 is 0. The van der Waals surface area contributed by atoms with Gasteiger partial charge in [-0.3, -0.25) is 4.79 Å². The maximum atomic E-state index is 11.6. The third kappa shape index (κ3) is 4.09. The van der Waals surface area contributed by atoms with E-state index in [2.05, 4.69) is 5.32 Å². The zero-order valence-electron chi connectivity index (χ0n) is 13.0. The van der Waals surface area contributed by atoms with E-state index in [0.29, 0.717) is 5.56 Å². The summed E-state index contributed by atoms with van der Waals surface area (Å²) < 4.78 is 5.11. The van der Waals surface area contributed by atoms with Gasteiger partial charge in [-0.05, 0) is 48.9 Å². The number of aliphatic hydroxyl groups is 1. The van der Waals surface area contributed by atoms with Gasteiger partial charge in [0.15, 0.2) is 5.78 Å². The fraction of sp³-hybridized carbons (Fsp3) is 0.222. The average Bonchev–Trinajstić information content (AvgIpc) is 2.59. The number of nitriles is 1. The number of ketones is 1. The Kier molecular flexibility index (Phi) is 5.34. The van der Waals surface area contributed by atoms with Gasteiger partial charge < -0.3 is 15.2 Å². The van der Waals surface area contributed by atoms with Crippen LogP contribution in [-0.2, 0) is 4.79 Å². The molecule has 0 aromatic heterocycles. The van der Waals surface area contributed by atoms with Crippen LogP contribution >= 0.6 is 0 Å². The van der Waals surface area contributed by atoms with Crippen LogP contribution in [0.3, 0.4) is 0 Å². The van der Waals surface area contributed by atoms with Gasteiger partial charge in [-0.15, -0.1) is 0 Å². The molecule has 2 rings (SSSR count). The quantitative estimate of drug-likeness (QED) is 0.857. The molecule has 0 aliphatic carbocycles. The topological polar surface area (TPSA) is 82.3 Å². The van der Waals surface area contributed by atoms with Gasteiger partial charge in [0.05, 0.1) is 24.8 Å². The first-order chi connectivity index (χ1) is 11.0. The summed E-state index contributed by atoms with van der Waals surface area (Å²) in [6.45, 7) is 1.34. The third-order valence-corrected chi connectivity index (χ3v) is 3.54. The van der Waals surface area contributed by atoms with Gasteiger partial charge in [0.25, 0.3) is 0 Å². The fourth-order valence-electron chi connectivity index (χ4n) is 2.21. The van der Waals surface area contributed by atoms with E-state index < -0.39 is 12.1 Å². The molecule has 0 saturated carbocycles. The summed E-state index contributed by atoms with van der Waals surface area (Å²) in [4.78, 5) is 11.6. The number of hydrogen-bond donors (Lipinski definition) is 2. The van der Waals surface area contributed by atoms with Crippen molar-refractivity contribution < 1.29 is 14.6 Å². The van der Waals surface area contributed by atoms with Gasteiger partial charge in [-0.2, -0.15) is 5.26 Å². The number of carbonyl (C=O) groups is 1. The highest BCUT2D eigenvalue weighted by Gasteiger charge is 2.24. The Bertz CT molecular complexity index is 703. The van der Waals surface area contributed by atoms with Crippen LogP contribution in [0, 0.1) is 11.3 Å². The van der Waals surface area contributed by atoms with Crippen LogP contribution in [0.5, 0.6) is 5.75 Å². The van der Waals surface area contributed by atoms with Crippen molar-refractivity contribution in [2.75, 3.05) is 12.4 Å². The summed E-state index contributed by atoms with van der Waals surface area (Å²) in [5.74, 6) is 0.387.